The van der Waals surface area contributed by atoms with Crippen molar-refractivity contribution in [3.8, 4) is 0 Å². The van der Waals surface area contributed by atoms with Gasteiger partial charge in [0.2, 0.25) is 0 Å². The number of nitroso groups, excluding NO2 is 1. The average molecular weight is 274 g/mol. The van der Waals surface area contributed by atoms with Crippen LogP contribution in [0.4, 0.5) is 0 Å². The highest BCUT2D eigenvalue weighted by molar-refractivity contribution is 6.64. The zero-order valence-corrected chi connectivity index (χ0v) is 10.5. The molecule has 7 nitrogen and oxygen atoms in total. The van der Waals surface area contributed by atoms with Crippen LogP contribution in [0.15, 0.2) is 41.6 Å². The Morgan fingerprint density at radius 1 is 1.35 bits per heavy atom. The summed E-state index contributed by atoms with van der Waals surface area (Å²) in [5, 5.41) is 12.5. The van der Waals surface area contributed by atoms with Gasteiger partial charge in [-0.15, -0.1) is 5.06 Å². The fourth-order valence-corrected chi connectivity index (χ4v) is 1.73. The Kier molecular flexibility index (Phi) is 3.95. The predicted molar refractivity (Wildman–Crippen MR) is 70.5 cm³/mol. The summed E-state index contributed by atoms with van der Waals surface area (Å²) in [6, 6.07) is 5.50. The van der Waals surface area contributed by atoms with Crippen LogP contribution in [0.3, 0.4) is 0 Å². The molecule has 0 aliphatic carbocycles. The van der Waals surface area contributed by atoms with Crippen molar-refractivity contribution >= 4 is 24.4 Å². The van der Waals surface area contributed by atoms with Gasteiger partial charge in [0.15, 0.2) is 0 Å². The number of allylic oxidation sites excluding steroid dienone is 1. The van der Waals surface area contributed by atoms with Crippen LogP contribution >= 0.6 is 0 Å². The maximum absolute atomic E-state index is 11.8. The van der Waals surface area contributed by atoms with Crippen molar-refractivity contribution in [1.29, 1.82) is 0 Å². The first-order valence-corrected chi connectivity index (χ1v) is 5.86. The topological polar surface area (TPSA) is 96.3 Å². The highest BCUT2D eigenvalue weighted by Crippen LogP contribution is 2.21. The summed E-state index contributed by atoms with van der Waals surface area (Å²) < 4.78 is 0. The fraction of sp³-hybridized carbons (Fsp3) is 0.167. The normalized spacial score (nSPS) is 14.3. The molecule has 0 saturated carbocycles. The van der Waals surface area contributed by atoms with Crippen molar-refractivity contribution in [2.45, 2.75) is 12.8 Å². The molecule has 0 atom stereocenters. The molecule has 1 aromatic rings. The van der Waals surface area contributed by atoms with Crippen molar-refractivity contribution in [3.63, 3.8) is 0 Å². The number of carbonyl (C=O) groups is 2. The fourth-order valence-electron chi connectivity index (χ4n) is 1.73. The molecule has 0 spiro atoms. The second kappa shape index (κ2) is 5.66. The smallest absolute Gasteiger partial charge is 0.425 e. The van der Waals surface area contributed by atoms with Crippen LogP contribution in [0.2, 0.25) is 0 Å². The summed E-state index contributed by atoms with van der Waals surface area (Å²) in [5.41, 5.74) is 0.873. The maximum atomic E-state index is 11.8. The van der Waals surface area contributed by atoms with Crippen LogP contribution in [0.5, 0.6) is 0 Å². The molecule has 20 heavy (non-hydrogen) atoms. The van der Waals surface area contributed by atoms with Gasteiger partial charge in [0, 0.05) is 6.42 Å². The molecule has 0 aromatic heterocycles. The van der Waals surface area contributed by atoms with Crippen molar-refractivity contribution in [2.24, 2.45) is 5.09 Å². The Morgan fingerprint density at radius 3 is 2.50 bits per heavy atom. The minimum Gasteiger partial charge on any atom is -0.425 e. The second-order valence-electron chi connectivity index (χ2n) is 4.23. The quantitative estimate of drug-likeness (QED) is 0.631. The van der Waals surface area contributed by atoms with Gasteiger partial charge < -0.3 is 9.86 Å². The van der Waals surface area contributed by atoms with Gasteiger partial charge in [-0.3, -0.25) is 4.79 Å². The lowest BCUT2D eigenvalue weighted by Gasteiger charge is -2.15. The summed E-state index contributed by atoms with van der Waals surface area (Å²) in [6.07, 6.45) is 0.727. The van der Waals surface area contributed by atoms with Gasteiger partial charge in [-0.2, -0.15) is 4.91 Å². The molecule has 2 rings (SSSR count). The van der Waals surface area contributed by atoms with E-state index in [1.165, 1.54) is 24.3 Å². The van der Waals surface area contributed by atoms with Crippen molar-refractivity contribution in [3.05, 3.63) is 47.0 Å². The number of amides is 1. The third kappa shape index (κ3) is 2.75. The molecular weight excluding hydrogens is 263 g/mol. The number of hydrogen-bond acceptors (Lipinski definition) is 6. The van der Waals surface area contributed by atoms with E-state index in [1.807, 2.05) is 0 Å². The molecule has 1 N–H and O–H groups in total. The first kappa shape index (κ1) is 13.9. The lowest BCUT2D eigenvalue weighted by atomic mass is 9.76. The second-order valence-corrected chi connectivity index (χ2v) is 4.23. The zero-order valence-electron chi connectivity index (χ0n) is 10.5. The average Bonchev–Trinajstić information content (AvgIpc) is 2.78. The molecule has 1 aliphatic heterocycles. The summed E-state index contributed by atoms with van der Waals surface area (Å²) in [6.45, 7) is 3.63. The van der Waals surface area contributed by atoms with Crippen molar-refractivity contribution in [2.75, 3.05) is 0 Å². The van der Waals surface area contributed by atoms with Gasteiger partial charge in [-0.25, -0.2) is 4.79 Å². The molecule has 1 aromatic carbocycles. The first-order chi connectivity index (χ1) is 9.52. The van der Waals surface area contributed by atoms with Crippen LogP contribution in [0, 0.1) is 4.91 Å². The standard InChI is InChI=1S/C12H11BN2O5/c1-8-2-7-11(16)15(8)20-12(17)9-3-5-10(6-4-9)13(18)14-19/h3-6,18H,1-2,7H2. The van der Waals surface area contributed by atoms with Gasteiger partial charge >= 0.3 is 13.0 Å². The largest absolute Gasteiger partial charge is 0.517 e. The highest BCUT2D eigenvalue weighted by Gasteiger charge is 2.28. The molecule has 1 heterocycles. The maximum Gasteiger partial charge on any atom is 0.517 e. The first-order valence-electron chi connectivity index (χ1n) is 5.86. The van der Waals surface area contributed by atoms with Crippen molar-refractivity contribution in [1.82, 2.24) is 5.06 Å². The molecule has 0 unspecified atom stereocenters. The van der Waals surface area contributed by atoms with E-state index in [2.05, 4.69) is 11.7 Å². The van der Waals surface area contributed by atoms with E-state index in [0.717, 1.165) is 5.06 Å². The molecular formula is C12H11BN2O5. The van der Waals surface area contributed by atoms with Gasteiger partial charge in [0.25, 0.3) is 5.91 Å². The highest BCUT2D eigenvalue weighted by atomic mass is 16.7. The van der Waals surface area contributed by atoms with E-state index >= 15 is 0 Å². The van der Waals surface area contributed by atoms with E-state index < -0.39 is 13.0 Å². The lowest BCUT2D eigenvalue weighted by Crippen LogP contribution is -2.29. The van der Waals surface area contributed by atoms with Crippen LogP contribution in [0.25, 0.3) is 0 Å². The molecule has 1 saturated heterocycles. The van der Waals surface area contributed by atoms with E-state index in [4.69, 9.17) is 4.84 Å². The summed E-state index contributed by atoms with van der Waals surface area (Å²) in [5.74, 6) is -1.04. The van der Waals surface area contributed by atoms with Crippen LogP contribution in [-0.2, 0) is 9.63 Å². The number of hydrogen-bond donors (Lipinski definition) is 1. The van der Waals surface area contributed by atoms with Crippen LogP contribution in [0.1, 0.15) is 23.2 Å². The SMILES string of the molecule is C=C1CCC(=O)N1OC(=O)c1ccc(B(O)N=O)cc1. The Hall–Kier alpha value is -2.48. The van der Waals surface area contributed by atoms with Gasteiger partial charge in [0.1, 0.15) is 0 Å². The number of carbonyl (C=O) groups excluding carboxylic acids is 2. The molecule has 0 bridgehead atoms. The van der Waals surface area contributed by atoms with E-state index in [1.54, 1.807) is 0 Å². The Morgan fingerprint density at radius 2 is 2.00 bits per heavy atom. The lowest BCUT2D eigenvalue weighted by molar-refractivity contribution is -0.153. The third-order valence-corrected chi connectivity index (χ3v) is 2.86. The summed E-state index contributed by atoms with van der Waals surface area (Å²) in [4.78, 5) is 38.4. The number of hydroxylamine groups is 2. The number of benzene rings is 1. The molecule has 8 heteroatoms. The van der Waals surface area contributed by atoms with Gasteiger partial charge in [-0.05, 0) is 24.0 Å². The van der Waals surface area contributed by atoms with Gasteiger partial charge in [-0.1, -0.05) is 23.8 Å². The summed E-state index contributed by atoms with van der Waals surface area (Å²) in [7, 11) is -1.47. The van der Waals surface area contributed by atoms with Crippen LogP contribution < -0.4 is 5.46 Å². The Labute approximate surface area is 114 Å². The van der Waals surface area contributed by atoms with E-state index in [-0.39, 0.29) is 23.4 Å². The predicted octanol–water partition coefficient (Wildman–Crippen LogP) is 0.348. The van der Waals surface area contributed by atoms with E-state index in [0.29, 0.717) is 12.1 Å². The molecule has 1 fully saturated rings. The molecule has 102 valence electrons. The number of nitrogens with zero attached hydrogens (tertiary/aromatic N) is 2. The minimum atomic E-state index is -1.47. The monoisotopic (exact) mass is 274 g/mol. The molecule has 1 aliphatic rings. The minimum absolute atomic E-state index is 0.180. The third-order valence-electron chi connectivity index (χ3n) is 2.86. The van der Waals surface area contributed by atoms with Crippen molar-refractivity contribution < 1.29 is 19.5 Å². The summed E-state index contributed by atoms with van der Waals surface area (Å²) >= 11 is 0. The molecule has 0 radical (unpaired) electrons. The zero-order chi connectivity index (χ0) is 14.7. The Balaban J connectivity index is 2.08. The van der Waals surface area contributed by atoms with E-state index in [9.17, 15) is 19.5 Å². The molecule has 1 amide bonds. The Bertz CT molecular complexity index is 556. The number of rotatable bonds is 4. The van der Waals surface area contributed by atoms with Crippen LogP contribution in [-0.4, -0.2) is 29.0 Å². The van der Waals surface area contributed by atoms with Gasteiger partial charge in [0.05, 0.1) is 11.3 Å².